The minimum absolute atomic E-state index is 0.469. The largest absolute Gasteiger partial charge is 0.385 e. The third-order valence-electron chi connectivity index (χ3n) is 2.89. The number of hydrogen-bond acceptors (Lipinski definition) is 3. The fourth-order valence-electron chi connectivity index (χ4n) is 1.84. The maximum atomic E-state index is 10.5. The number of rotatable bonds is 3. The average molecular weight is 228 g/mol. The Bertz CT molecular complexity index is 495. The average Bonchev–Trinajstić information content (AvgIpc) is 2.33. The summed E-state index contributed by atoms with van der Waals surface area (Å²) in [7, 11) is 0. The number of hydrogen-bond donors (Lipinski definition) is 1. The van der Waals surface area contributed by atoms with E-state index in [0.29, 0.717) is 6.42 Å². The minimum atomic E-state index is -0.915. The highest BCUT2D eigenvalue weighted by atomic mass is 16.3. The Hall–Kier alpha value is -1.74. The summed E-state index contributed by atoms with van der Waals surface area (Å²) in [4.78, 5) is 8.45. The van der Waals surface area contributed by atoms with E-state index < -0.39 is 5.60 Å². The van der Waals surface area contributed by atoms with Crippen LogP contribution in [0.4, 0.5) is 0 Å². The van der Waals surface area contributed by atoms with E-state index in [4.69, 9.17) is 0 Å². The molecule has 1 N–H and O–H groups in total. The SMILES string of the molecule is Cc1nccnc1CC(C)(O)c1ccccc1. The van der Waals surface area contributed by atoms with Gasteiger partial charge >= 0.3 is 0 Å². The van der Waals surface area contributed by atoms with Gasteiger partial charge < -0.3 is 5.11 Å². The Morgan fingerprint density at radius 2 is 1.76 bits per heavy atom. The van der Waals surface area contributed by atoms with Crippen molar-refractivity contribution in [3.8, 4) is 0 Å². The van der Waals surface area contributed by atoms with Gasteiger partial charge in [-0.25, -0.2) is 0 Å². The van der Waals surface area contributed by atoms with Crippen LogP contribution < -0.4 is 0 Å². The van der Waals surface area contributed by atoms with Crippen LogP contribution in [0.25, 0.3) is 0 Å². The van der Waals surface area contributed by atoms with Crippen LogP contribution in [0.15, 0.2) is 42.7 Å². The maximum Gasteiger partial charge on any atom is 0.0924 e. The van der Waals surface area contributed by atoms with Crippen LogP contribution in [-0.4, -0.2) is 15.1 Å². The molecule has 0 radical (unpaired) electrons. The van der Waals surface area contributed by atoms with Gasteiger partial charge in [0.25, 0.3) is 0 Å². The predicted octanol–water partition coefficient (Wildman–Crippen LogP) is 2.24. The van der Waals surface area contributed by atoms with Gasteiger partial charge in [-0.05, 0) is 19.4 Å². The third kappa shape index (κ3) is 2.68. The van der Waals surface area contributed by atoms with Crippen molar-refractivity contribution in [2.24, 2.45) is 0 Å². The zero-order valence-electron chi connectivity index (χ0n) is 10.1. The normalized spacial score (nSPS) is 14.3. The lowest BCUT2D eigenvalue weighted by Crippen LogP contribution is -2.25. The highest BCUT2D eigenvalue weighted by Gasteiger charge is 2.24. The predicted molar refractivity (Wildman–Crippen MR) is 66.5 cm³/mol. The summed E-state index contributed by atoms with van der Waals surface area (Å²) >= 11 is 0. The second kappa shape index (κ2) is 4.63. The minimum Gasteiger partial charge on any atom is -0.385 e. The number of aliphatic hydroxyl groups is 1. The molecule has 2 aromatic rings. The summed E-state index contributed by atoms with van der Waals surface area (Å²) in [6, 6.07) is 9.63. The Morgan fingerprint density at radius 1 is 1.12 bits per heavy atom. The van der Waals surface area contributed by atoms with Gasteiger partial charge in [-0.15, -0.1) is 0 Å². The fraction of sp³-hybridized carbons (Fsp3) is 0.286. The van der Waals surface area contributed by atoms with E-state index in [1.54, 1.807) is 19.3 Å². The van der Waals surface area contributed by atoms with Crippen LogP contribution in [0, 0.1) is 6.92 Å². The van der Waals surface area contributed by atoms with Crippen LogP contribution in [0.3, 0.4) is 0 Å². The highest BCUT2D eigenvalue weighted by molar-refractivity contribution is 5.24. The molecule has 0 spiro atoms. The molecule has 0 saturated carbocycles. The molecule has 3 nitrogen and oxygen atoms in total. The monoisotopic (exact) mass is 228 g/mol. The van der Waals surface area contributed by atoms with Gasteiger partial charge in [0.2, 0.25) is 0 Å². The summed E-state index contributed by atoms with van der Waals surface area (Å²) in [5.41, 5.74) is 1.68. The molecule has 0 aliphatic heterocycles. The number of benzene rings is 1. The fourth-order valence-corrected chi connectivity index (χ4v) is 1.84. The Kier molecular flexibility index (Phi) is 3.20. The van der Waals surface area contributed by atoms with Gasteiger partial charge in [-0.1, -0.05) is 30.3 Å². The highest BCUT2D eigenvalue weighted by Crippen LogP contribution is 2.24. The van der Waals surface area contributed by atoms with E-state index in [2.05, 4.69) is 9.97 Å². The van der Waals surface area contributed by atoms with Crippen molar-refractivity contribution >= 4 is 0 Å². The van der Waals surface area contributed by atoms with E-state index in [-0.39, 0.29) is 0 Å². The van der Waals surface area contributed by atoms with Crippen LogP contribution in [0.2, 0.25) is 0 Å². The molecule has 1 aromatic carbocycles. The van der Waals surface area contributed by atoms with Gasteiger partial charge in [0, 0.05) is 18.8 Å². The summed E-state index contributed by atoms with van der Waals surface area (Å²) in [5, 5.41) is 10.5. The van der Waals surface area contributed by atoms with Gasteiger partial charge in [-0.3, -0.25) is 9.97 Å². The molecule has 0 bridgehead atoms. The maximum absolute atomic E-state index is 10.5. The van der Waals surface area contributed by atoms with Crippen molar-refractivity contribution in [1.82, 2.24) is 9.97 Å². The van der Waals surface area contributed by atoms with E-state index in [1.807, 2.05) is 37.3 Å². The van der Waals surface area contributed by atoms with Crippen molar-refractivity contribution in [3.05, 3.63) is 59.7 Å². The number of aromatic nitrogens is 2. The Labute approximate surface area is 101 Å². The van der Waals surface area contributed by atoms with Gasteiger partial charge in [0.1, 0.15) is 0 Å². The van der Waals surface area contributed by atoms with Gasteiger partial charge in [0.05, 0.1) is 17.0 Å². The smallest absolute Gasteiger partial charge is 0.0924 e. The first-order valence-corrected chi connectivity index (χ1v) is 5.64. The van der Waals surface area contributed by atoms with Crippen LogP contribution in [0.5, 0.6) is 0 Å². The first-order chi connectivity index (χ1) is 8.09. The zero-order chi connectivity index (χ0) is 12.3. The van der Waals surface area contributed by atoms with Gasteiger partial charge in [-0.2, -0.15) is 0 Å². The van der Waals surface area contributed by atoms with Crippen LogP contribution in [-0.2, 0) is 12.0 Å². The standard InChI is InChI=1S/C14H16N2O/c1-11-13(16-9-8-15-11)10-14(2,17)12-6-4-3-5-7-12/h3-9,17H,10H2,1-2H3. The summed E-state index contributed by atoms with van der Waals surface area (Å²) < 4.78 is 0. The topological polar surface area (TPSA) is 46.0 Å². The lowest BCUT2D eigenvalue weighted by molar-refractivity contribution is 0.0563. The molecule has 0 amide bonds. The van der Waals surface area contributed by atoms with Crippen molar-refractivity contribution < 1.29 is 5.11 Å². The molecule has 1 unspecified atom stereocenters. The molecule has 88 valence electrons. The van der Waals surface area contributed by atoms with Crippen molar-refractivity contribution in [3.63, 3.8) is 0 Å². The number of aryl methyl sites for hydroxylation is 1. The van der Waals surface area contributed by atoms with Crippen molar-refractivity contribution in [1.29, 1.82) is 0 Å². The van der Waals surface area contributed by atoms with Crippen molar-refractivity contribution in [2.75, 3.05) is 0 Å². The van der Waals surface area contributed by atoms with E-state index in [0.717, 1.165) is 17.0 Å². The zero-order valence-corrected chi connectivity index (χ0v) is 10.1. The second-order valence-electron chi connectivity index (χ2n) is 4.41. The van der Waals surface area contributed by atoms with Crippen LogP contribution >= 0.6 is 0 Å². The molecule has 0 aliphatic rings. The quantitative estimate of drug-likeness (QED) is 0.876. The first-order valence-electron chi connectivity index (χ1n) is 5.64. The van der Waals surface area contributed by atoms with E-state index >= 15 is 0 Å². The molecule has 2 rings (SSSR count). The summed E-state index contributed by atoms with van der Waals surface area (Å²) in [6.45, 7) is 3.71. The summed E-state index contributed by atoms with van der Waals surface area (Å²) in [5.74, 6) is 0. The lowest BCUT2D eigenvalue weighted by Gasteiger charge is -2.23. The Balaban J connectivity index is 2.27. The molecule has 0 saturated heterocycles. The number of nitrogens with zero attached hydrogens (tertiary/aromatic N) is 2. The summed E-state index contributed by atoms with van der Waals surface area (Å²) in [6.07, 6.45) is 3.79. The second-order valence-corrected chi connectivity index (χ2v) is 4.41. The molecular weight excluding hydrogens is 212 g/mol. The van der Waals surface area contributed by atoms with E-state index in [1.165, 1.54) is 0 Å². The lowest BCUT2D eigenvalue weighted by atomic mass is 9.90. The first kappa shape index (κ1) is 11.7. The van der Waals surface area contributed by atoms with Crippen molar-refractivity contribution in [2.45, 2.75) is 25.9 Å². The molecule has 0 aliphatic carbocycles. The van der Waals surface area contributed by atoms with Gasteiger partial charge in [0.15, 0.2) is 0 Å². The van der Waals surface area contributed by atoms with E-state index in [9.17, 15) is 5.11 Å². The molecule has 0 fully saturated rings. The Morgan fingerprint density at radius 3 is 2.41 bits per heavy atom. The molecule has 17 heavy (non-hydrogen) atoms. The molecule has 1 aromatic heterocycles. The van der Waals surface area contributed by atoms with Crippen LogP contribution in [0.1, 0.15) is 23.9 Å². The molecule has 3 heteroatoms. The third-order valence-corrected chi connectivity index (χ3v) is 2.89. The molecule has 1 atom stereocenters. The molecular formula is C14H16N2O. The molecule has 1 heterocycles.